The van der Waals surface area contributed by atoms with E-state index in [0.717, 1.165) is 35.5 Å². The Morgan fingerprint density at radius 2 is 1.75 bits per heavy atom. The number of pyridine rings is 1. The van der Waals surface area contributed by atoms with E-state index in [1.807, 2.05) is 43.3 Å². The fourth-order valence-corrected chi connectivity index (χ4v) is 6.49. The Hall–Kier alpha value is -4.58. The Morgan fingerprint density at radius 3 is 2.44 bits per heavy atom. The second kappa shape index (κ2) is 15.1. The van der Waals surface area contributed by atoms with Gasteiger partial charge in [-0.1, -0.05) is 35.9 Å². The molecule has 256 valence electrons. The minimum Gasteiger partial charge on any atom is -0.489 e. The third-order valence-corrected chi connectivity index (χ3v) is 8.87. The van der Waals surface area contributed by atoms with Crippen LogP contribution < -0.4 is 14.4 Å². The molecule has 2 amide bonds. The molecule has 2 saturated heterocycles. The minimum atomic E-state index is -4.77. The zero-order chi connectivity index (χ0) is 34.3. The highest BCUT2D eigenvalue weighted by atomic mass is 19.4. The highest BCUT2D eigenvalue weighted by Gasteiger charge is 2.55. The van der Waals surface area contributed by atoms with E-state index in [-0.39, 0.29) is 25.3 Å². The van der Waals surface area contributed by atoms with Gasteiger partial charge >= 0.3 is 6.18 Å². The molecule has 2 fully saturated rings. The van der Waals surface area contributed by atoms with Gasteiger partial charge in [0.15, 0.2) is 0 Å². The maximum Gasteiger partial charge on any atom is 0.417 e. The number of rotatable bonds is 11. The van der Waals surface area contributed by atoms with Crippen molar-refractivity contribution in [1.29, 1.82) is 0 Å². The van der Waals surface area contributed by atoms with Gasteiger partial charge in [0.2, 0.25) is 5.60 Å². The van der Waals surface area contributed by atoms with E-state index in [1.165, 1.54) is 4.90 Å². The van der Waals surface area contributed by atoms with Crippen LogP contribution in [0.1, 0.15) is 40.7 Å². The predicted octanol–water partition coefficient (Wildman–Crippen LogP) is 5.78. The fraction of sp³-hybridized carbons (Fsp3) is 0.417. The highest BCUT2D eigenvalue weighted by molar-refractivity contribution is 5.97. The van der Waals surface area contributed by atoms with Crippen LogP contribution in [-0.4, -0.2) is 91.3 Å². The molecule has 9 nitrogen and oxygen atoms in total. The molecule has 2 aliphatic heterocycles. The largest absolute Gasteiger partial charge is 0.489 e. The van der Waals surface area contributed by atoms with Crippen LogP contribution in [0, 0.1) is 6.92 Å². The fourth-order valence-electron chi connectivity index (χ4n) is 6.49. The molecule has 0 bridgehead atoms. The molecular weight excluding hydrogens is 625 g/mol. The van der Waals surface area contributed by atoms with Crippen molar-refractivity contribution in [2.75, 3.05) is 57.9 Å². The van der Waals surface area contributed by atoms with Gasteiger partial charge in [0, 0.05) is 58.6 Å². The van der Waals surface area contributed by atoms with Crippen LogP contribution in [0.25, 0.3) is 0 Å². The quantitative estimate of drug-likeness (QED) is 0.190. The van der Waals surface area contributed by atoms with Crippen LogP contribution in [-0.2, 0) is 15.7 Å². The number of carbonyl (C=O) groups excluding carboxylic acids is 2. The number of ether oxygens (including phenoxy) is 3. The number of nitrogens with zero attached hydrogens (tertiary/aromatic N) is 4. The van der Waals surface area contributed by atoms with Gasteiger partial charge in [0.1, 0.15) is 18.1 Å². The van der Waals surface area contributed by atoms with Crippen molar-refractivity contribution in [3.05, 3.63) is 96.3 Å². The van der Waals surface area contributed by atoms with Crippen molar-refractivity contribution in [2.45, 2.75) is 44.0 Å². The standard InChI is InChI=1S/C36H41F3N4O5/c1-4-8-32-35(48-27-13-11-26(2)12-14-27,16-7-18-43(32)33(44)28-25-40-17-15-29(28)36(37,38)39)34(45)42-21-19-41(20-22-42)30-9-5-6-10-31(30)47-24-23-46-3/h4-6,9-15,17,25,32H,1,7-8,16,18-24H2,2-3H3/t32-,35+/m1/s1. The van der Waals surface area contributed by atoms with Crippen molar-refractivity contribution in [2.24, 2.45) is 0 Å². The Labute approximate surface area is 278 Å². The van der Waals surface area contributed by atoms with E-state index in [2.05, 4.69) is 16.5 Å². The van der Waals surface area contributed by atoms with Gasteiger partial charge in [-0.2, -0.15) is 13.2 Å². The summed E-state index contributed by atoms with van der Waals surface area (Å²) in [5, 5.41) is 0. The van der Waals surface area contributed by atoms with E-state index in [9.17, 15) is 22.8 Å². The maximum absolute atomic E-state index is 14.8. The van der Waals surface area contributed by atoms with Gasteiger partial charge in [-0.3, -0.25) is 14.6 Å². The monoisotopic (exact) mass is 666 g/mol. The first-order chi connectivity index (χ1) is 23.1. The summed E-state index contributed by atoms with van der Waals surface area (Å²) in [7, 11) is 1.61. The molecule has 1 aromatic heterocycles. The Bertz CT molecular complexity index is 1580. The lowest BCUT2D eigenvalue weighted by Crippen LogP contribution is -2.69. The number of hydrogen-bond donors (Lipinski definition) is 0. The number of piperazine rings is 1. The van der Waals surface area contributed by atoms with Gasteiger partial charge in [-0.25, -0.2) is 0 Å². The SMILES string of the molecule is C=CC[C@H]1N(C(=O)c2cnccc2C(F)(F)F)CCC[C@@]1(Oc1ccc(C)cc1)C(=O)N1CCN(c2ccccc2OCCOC)CC1. The molecule has 12 heteroatoms. The van der Waals surface area contributed by atoms with Crippen molar-refractivity contribution in [3.63, 3.8) is 0 Å². The molecule has 0 saturated carbocycles. The first kappa shape index (κ1) is 34.7. The number of anilines is 1. The number of aryl methyl sites for hydroxylation is 1. The molecule has 3 aromatic rings. The molecule has 2 atom stereocenters. The number of para-hydroxylation sites is 2. The number of methoxy groups -OCH3 is 1. The lowest BCUT2D eigenvalue weighted by molar-refractivity contribution is -0.159. The molecule has 0 unspecified atom stereocenters. The smallest absolute Gasteiger partial charge is 0.417 e. The predicted molar refractivity (Wildman–Crippen MR) is 175 cm³/mol. The molecular formula is C36H41F3N4O5. The highest BCUT2D eigenvalue weighted by Crippen LogP contribution is 2.40. The van der Waals surface area contributed by atoms with Crippen molar-refractivity contribution < 1.29 is 37.0 Å². The van der Waals surface area contributed by atoms with E-state index in [0.29, 0.717) is 51.6 Å². The zero-order valence-corrected chi connectivity index (χ0v) is 27.2. The summed E-state index contributed by atoms with van der Waals surface area (Å²) in [6.45, 7) is 8.53. The summed E-state index contributed by atoms with van der Waals surface area (Å²) >= 11 is 0. The minimum absolute atomic E-state index is 0.122. The van der Waals surface area contributed by atoms with Crippen molar-refractivity contribution >= 4 is 17.5 Å². The van der Waals surface area contributed by atoms with E-state index in [1.54, 1.807) is 30.2 Å². The number of alkyl halides is 3. The Balaban J connectivity index is 1.47. The summed E-state index contributed by atoms with van der Waals surface area (Å²) in [5.41, 5.74) is -1.34. The topological polar surface area (TPSA) is 84.4 Å². The lowest BCUT2D eigenvalue weighted by Gasteiger charge is -2.50. The zero-order valence-electron chi connectivity index (χ0n) is 27.2. The summed E-state index contributed by atoms with van der Waals surface area (Å²) in [6.07, 6.45) is -0.529. The maximum atomic E-state index is 14.8. The normalized spacial score (nSPS) is 19.9. The number of piperidine rings is 1. The molecule has 0 spiro atoms. The van der Waals surface area contributed by atoms with Gasteiger partial charge in [-0.05, 0) is 50.1 Å². The summed E-state index contributed by atoms with van der Waals surface area (Å²) in [6, 6.07) is 14.8. The van der Waals surface area contributed by atoms with Crippen LogP contribution >= 0.6 is 0 Å². The van der Waals surface area contributed by atoms with Crippen molar-refractivity contribution in [3.8, 4) is 11.5 Å². The average Bonchev–Trinajstić information content (AvgIpc) is 3.09. The molecule has 5 rings (SSSR count). The van der Waals surface area contributed by atoms with Crippen molar-refractivity contribution in [1.82, 2.24) is 14.8 Å². The van der Waals surface area contributed by atoms with E-state index >= 15 is 0 Å². The van der Waals surface area contributed by atoms with E-state index < -0.39 is 34.9 Å². The molecule has 3 heterocycles. The average molecular weight is 667 g/mol. The van der Waals surface area contributed by atoms with Crippen LogP contribution in [0.4, 0.5) is 18.9 Å². The molecule has 0 aliphatic carbocycles. The second-order valence-corrected chi connectivity index (χ2v) is 12.0. The summed E-state index contributed by atoms with van der Waals surface area (Å²) in [4.78, 5) is 37.9. The lowest BCUT2D eigenvalue weighted by atomic mass is 9.80. The Morgan fingerprint density at radius 1 is 1.02 bits per heavy atom. The first-order valence-corrected chi connectivity index (χ1v) is 16.0. The van der Waals surface area contributed by atoms with Gasteiger partial charge in [0.25, 0.3) is 11.8 Å². The van der Waals surface area contributed by atoms with Gasteiger partial charge in [-0.15, -0.1) is 6.58 Å². The van der Waals surface area contributed by atoms with Crippen LogP contribution in [0.2, 0.25) is 0 Å². The number of likely N-dealkylation sites (tertiary alicyclic amines) is 1. The molecule has 2 aliphatic rings. The number of hydrogen-bond acceptors (Lipinski definition) is 7. The van der Waals surface area contributed by atoms with E-state index in [4.69, 9.17) is 14.2 Å². The van der Waals surface area contributed by atoms with Crippen LogP contribution in [0.5, 0.6) is 11.5 Å². The Kier molecular flexibility index (Phi) is 10.9. The first-order valence-electron chi connectivity index (χ1n) is 16.0. The number of halogens is 3. The number of carbonyl (C=O) groups is 2. The second-order valence-electron chi connectivity index (χ2n) is 12.0. The number of aromatic nitrogens is 1. The molecule has 2 aromatic carbocycles. The summed E-state index contributed by atoms with van der Waals surface area (Å²) in [5.74, 6) is -0.0365. The number of amides is 2. The van der Waals surface area contributed by atoms with Gasteiger partial charge in [0.05, 0.1) is 29.5 Å². The summed E-state index contributed by atoms with van der Waals surface area (Å²) < 4.78 is 59.7. The van der Waals surface area contributed by atoms with Gasteiger partial charge < -0.3 is 28.9 Å². The van der Waals surface area contributed by atoms with Crippen LogP contribution in [0.15, 0.2) is 79.6 Å². The molecule has 48 heavy (non-hydrogen) atoms. The van der Waals surface area contributed by atoms with Crippen LogP contribution in [0.3, 0.4) is 0 Å². The number of benzene rings is 2. The molecule has 0 N–H and O–H groups in total. The third kappa shape index (κ3) is 7.43. The molecule has 0 radical (unpaired) electrons. The third-order valence-electron chi connectivity index (χ3n) is 8.87.